The van der Waals surface area contributed by atoms with Crippen molar-refractivity contribution in [2.45, 2.75) is 0 Å². The Morgan fingerprint density at radius 3 is 2.57 bits per heavy atom. The molecule has 4 nitrogen and oxygen atoms in total. The molecule has 1 heterocycles. The van der Waals surface area contributed by atoms with E-state index in [0.29, 0.717) is 0 Å². The fourth-order valence-corrected chi connectivity index (χ4v) is 1.94. The standard InChI is InChI=1S/C13H9BrF3N3O/c1-18-12-7(2-6(15)5-19-12)13(21)20-11-4-9(16)8(14)3-10(11)17/h2-5H,1H3,(H,18,19)(H,20,21). The van der Waals surface area contributed by atoms with E-state index in [1.807, 2.05) is 0 Å². The number of hydrogen-bond acceptors (Lipinski definition) is 3. The van der Waals surface area contributed by atoms with Gasteiger partial charge >= 0.3 is 0 Å². The molecule has 110 valence electrons. The molecule has 21 heavy (non-hydrogen) atoms. The summed E-state index contributed by atoms with van der Waals surface area (Å²) in [5.74, 6) is -2.98. The highest BCUT2D eigenvalue weighted by Crippen LogP contribution is 2.24. The number of carbonyl (C=O) groups is 1. The summed E-state index contributed by atoms with van der Waals surface area (Å²) in [4.78, 5) is 15.7. The molecular formula is C13H9BrF3N3O. The van der Waals surface area contributed by atoms with Gasteiger partial charge in [-0.2, -0.15) is 0 Å². The largest absolute Gasteiger partial charge is 0.372 e. The van der Waals surface area contributed by atoms with E-state index in [0.717, 1.165) is 24.4 Å². The quantitative estimate of drug-likeness (QED) is 0.824. The van der Waals surface area contributed by atoms with Gasteiger partial charge in [-0.15, -0.1) is 0 Å². The van der Waals surface area contributed by atoms with Crippen LogP contribution in [-0.4, -0.2) is 17.9 Å². The lowest BCUT2D eigenvalue weighted by atomic mass is 10.2. The van der Waals surface area contributed by atoms with E-state index >= 15 is 0 Å². The van der Waals surface area contributed by atoms with Gasteiger partial charge in [-0.25, -0.2) is 18.2 Å². The zero-order valence-electron chi connectivity index (χ0n) is 10.7. The molecule has 2 rings (SSSR count). The molecule has 0 fully saturated rings. The van der Waals surface area contributed by atoms with E-state index < -0.39 is 23.4 Å². The van der Waals surface area contributed by atoms with Crippen LogP contribution in [0.4, 0.5) is 24.7 Å². The van der Waals surface area contributed by atoms with Crippen molar-refractivity contribution in [3.63, 3.8) is 0 Å². The first kappa shape index (κ1) is 15.3. The summed E-state index contributed by atoms with van der Waals surface area (Å²) in [5.41, 5.74) is -0.479. The SMILES string of the molecule is CNc1ncc(F)cc1C(=O)Nc1cc(F)c(Br)cc1F. The van der Waals surface area contributed by atoms with Gasteiger partial charge in [0, 0.05) is 13.1 Å². The number of benzene rings is 1. The fourth-order valence-electron chi connectivity index (χ4n) is 1.62. The lowest BCUT2D eigenvalue weighted by molar-refractivity contribution is 0.102. The van der Waals surface area contributed by atoms with Crippen LogP contribution in [0.5, 0.6) is 0 Å². The molecule has 1 aromatic heterocycles. The van der Waals surface area contributed by atoms with Crippen LogP contribution < -0.4 is 10.6 Å². The van der Waals surface area contributed by atoms with Crippen LogP contribution in [0.2, 0.25) is 0 Å². The summed E-state index contributed by atoms with van der Waals surface area (Å²) in [6.45, 7) is 0. The van der Waals surface area contributed by atoms with Crippen LogP contribution in [0.1, 0.15) is 10.4 Å². The van der Waals surface area contributed by atoms with Gasteiger partial charge in [-0.3, -0.25) is 4.79 Å². The van der Waals surface area contributed by atoms with Crippen molar-refractivity contribution in [1.82, 2.24) is 4.98 Å². The van der Waals surface area contributed by atoms with Crippen molar-refractivity contribution in [3.8, 4) is 0 Å². The lowest BCUT2D eigenvalue weighted by Gasteiger charge is -2.10. The van der Waals surface area contributed by atoms with E-state index in [4.69, 9.17) is 0 Å². The number of nitrogens with zero attached hydrogens (tertiary/aromatic N) is 1. The minimum atomic E-state index is -0.827. The summed E-state index contributed by atoms with van der Waals surface area (Å²) in [5, 5.41) is 4.79. The molecule has 2 aromatic rings. The lowest BCUT2D eigenvalue weighted by Crippen LogP contribution is -2.16. The third-order valence-corrected chi connectivity index (χ3v) is 3.20. The van der Waals surface area contributed by atoms with Gasteiger partial charge in [0.15, 0.2) is 0 Å². The molecule has 0 aliphatic heterocycles. The number of hydrogen-bond donors (Lipinski definition) is 2. The van der Waals surface area contributed by atoms with Crippen LogP contribution in [-0.2, 0) is 0 Å². The summed E-state index contributed by atoms with van der Waals surface area (Å²) < 4.78 is 40.1. The number of nitrogens with one attached hydrogen (secondary N) is 2. The molecule has 0 saturated carbocycles. The van der Waals surface area contributed by atoms with Crippen molar-refractivity contribution >= 4 is 33.3 Å². The first-order chi connectivity index (χ1) is 9.92. The van der Waals surface area contributed by atoms with E-state index in [1.54, 1.807) is 0 Å². The normalized spacial score (nSPS) is 10.3. The maximum atomic E-state index is 13.7. The number of rotatable bonds is 3. The monoisotopic (exact) mass is 359 g/mol. The summed E-state index contributed by atoms with van der Waals surface area (Å²) >= 11 is 2.83. The molecule has 1 aromatic carbocycles. The summed E-state index contributed by atoms with van der Waals surface area (Å²) in [6, 6.07) is 2.65. The first-order valence-electron chi connectivity index (χ1n) is 5.71. The van der Waals surface area contributed by atoms with E-state index in [2.05, 4.69) is 31.5 Å². The van der Waals surface area contributed by atoms with Crippen LogP contribution in [0.15, 0.2) is 28.9 Å². The van der Waals surface area contributed by atoms with Crippen LogP contribution in [0.3, 0.4) is 0 Å². The predicted octanol–water partition coefficient (Wildman–Crippen LogP) is 3.56. The molecule has 0 saturated heterocycles. The molecule has 8 heteroatoms. The second kappa shape index (κ2) is 6.13. The first-order valence-corrected chi connectivity index (χ1v) is 6.51. The number of halogens is 4. The van der Waals surface area contributed by atoms with Crippen molar-refractivity contribution in [1.29, 1.82) is 0 Å². The van der Waals surface area contributed by atoms with Gasteiger partial charge in [0.05, 0.1) is 21.9 Å². The second-order valence-electron chi connectivity index (χ2n) is 4.00. The number of amides is 1. The summed E-state index contributed by atoms with van der Waals surface area (Å²) in [6.07, 6.45) is 0.933. The van der Waals surface area contributed by atoms with Crippen molar-refractivity contribution < 1.29 is 18.0 Å². The maximum absolute atomic E-state index is 13.7. The van der Waals surface area contributed by atoms with Crippen molar-refractivity contribution in [2.75, 3.05) is 17.7 Å². The molecule has 0 spiro atoms. The van der Waals surface area contributed by atoms with Gasteiger partial charge in [-0.05, 0) is 28.1 Å². The van der Waals surface area contributed by atoms with E-state index in [9.17, 15) is 18.0 Å². The topological polar surface area (TPSA) is 54.0 Å². The third kappa shape index (κ3) is 3.33. The van der Waals surface area contributed by atoms with Gasteiger partial charge in [0.25, 0.3) is 5.91 Å². The minimum absolute atomic E-state index is 0.0682. The third-order valence-electron chi connectivity index (χ3n) is 2.59. The molecule has 0 unspecified atom stereocenters. The predicted molar refractivity (Wildman–Crippen MR) is 75.8 cm³/mol. The van der Waals surface area contributed by atoms with E-state index in [-0.39, 0.29) is 21.5 Å². The zero-order valence-corrected chi connectivity index (χ0v) is 12.3. The molecule has 0 aliphatic rings. The van der Waals surface area contributed by atoms with Crippen LogP contribution in [0.25, 0.3) is 0 Å². The van der Waals surface area contributed by atoms with E-state index in [1.165, 1.54) is 7.05 Å². The minimum Gasteiger partial charge on any atom is -0.372 e. The highest BCUT2D eigenvalue weighted by Gasteiger charge is 2.16. The Labute approximate surface area is 126 Å². The Hall–Kier alpha value is -2.09. The Balaban J connectivity index is 2.34. The smallest absolute Gasteiger partial charge is 0.259 e. The van der Waals surface area contributed by atoms with Gasteiger partial charge in [-0.1, -0.05) is 0 Å². The average Bonchev–Trinajstić information content (AvgIpc) is 2.44. The Kier molecular flexibility index (Phi) is 4.46. The molecule has 0 aliphatic carbocycles. The Morgan fingerprint density at radius 1 is 1.19 bits per heavy atom. The fraction of sp³-hybridized carbons (Fsp3) is 0.0769. The second-order valence-corrected chi connectivity index (χ2v) is 4.85. The number of carbonyl (C=O) groups excluding carboxylic acids is 1. The van der Waals surface area contributed by atoms with Gasteiger partial charge < -0.3 is 10.6 Å². The Bertz CT molecular complexity index is 709. The average molecular weight is 360 g/mol. The molecule has 1 amide bonds. The van der Waals surface area contributed by atoms with Crippen molar-refractivity contribution in [2.24, 2.45) is 0 Å². The highest BCUT2D eigenvalue weighted by molar-refractivity contribution is 9.10. The Morgan fingerprint density at radius 2 is 1.90 bits per heavy atom. The summed E-state index contributed by atoms with van der Waals surface area (Å²) in [7, 11) is 1.50. The highest BCUT2D eigenvalue weighted by atomic mass is 79.9. The molecule has 0 radical (unpaired) electrons. The maximum Gasteiger partial charge on any atom is 0.259 e. The number of anilines is 2. The molecular weight excluding hydrogens is 351 g/mol. The number of pyridine rings is 1. The van der Waals surface area contributed by atoms with Crippen molar-refractivity contribution in [3.05, 3.63) is 51.9 Å². The molecule has 0 bridgehead atoms. The zero-order chi connectivity index (χ0) is 15.6. The molecule has 0 atom stereocenters. The van der Waals surface area contributed by atoms with Gasteiger partial charge in [0.1, 0.15) is 23.3 Å². The van der Waals surface area contributed by atoms with Crippen LogP contribution >= 0.6 is 15.9 Å². The number of aromatic nitrogens is 1. The molecule has 2 N–H and O–H groups in total. The van der Waals surface area contributed by atoms with Gasteiger partial charge in [0.2, 0.25) is 0 Å². The van der Waals surface area contributed by atoms with Crippen LogP contribution in [0, 0.1) is 17.5 Å².